The number of aryl methyl sites for hydroxylation is 1. The van der Waals surface area contributed by atoms with Crippen molar-refractivity contribution < 1.29 is 4.79 Å². The van der Waals surface area contributed by atoms with E-state index >= 15 is 0 Å². The molecule has 1 fully saturated rings. The van der Waals surface area contributed by atoms with Crippen molar-refractivity contribution in [3.8, 4) is 0 Å². The van der Waals surface area contributed by atoms with Gasteiger partial charge in [0, 0.05) is 44.1 Å². The Morgan fingerprint density at radius 1 is 0.903 bits per heavy atom. The zero-order valence-corrected chi connectivity index (χ0v) is 18.0. The maximum absolute atomic E-state index is 13.0. The van der Waals surface area contributed by atoms with Crippen molar-refractivity contribution in [1.82, 2.24) is 4.90 Å². The summed E-state index contributed by atoms with van der Waals surface area (Å²) in [5.74, 6) is -0.0607. The van der Waals surface area contributed by atoms with E-state index in [-0.39, 0.29) is 5.91 Å². The van der Waals surface area contributed by atoms with E-state index in [1.54, 1.807) is 0 Å². The molecule has 1 heterocycles. The first kappa shape index (κ1) is 20.9. The summed E-state index contributed by atoms with van der Waals surface area (Å²) in [6, 6.07) is 26.2. The van der Waals surface area contributed by atoms with Crippen molar-refractivity contribution in [1.29, 1.82) is 0 Å². The number of amides is 1. The molecular weight excluding hydrogens is 382 g/mol. The molecule has 1 aliphatic rings. The van der Waals surface area contributed by atoms with Gasteiger partial charge in [-0.05, 0) is 42.3 Å². The summed E-state index contributed by atoms with van der Waals surface area (Å²) in [6.07, 6.45) is 4.41. The number of carbonyl (C=O) groups is 1. The number of nitrogens with one attached hydrogen (secondary N) is 1. The Morgan fingerprint density at radius 3 is 2.42 bits per heavy atom. The van der Waals surface area contributed by atoms with Crippen LogP contribution in [0.4, 0.5) is 11.4 Å². The van der Waals surface area contributed by atoms with Gasteiger partial charge in [-0.3, -0.25) is 9.69 Å². The van der Waals surface area contributed by atoms with E-state index in [9.17, 15) is 4.79 Å². The van der Waals surface area contributed by atoms with Crippen LogP contribution in [-0.2, 0) is 0 Å². The molecule has 0 spiro atoms. The third kappa shape index (κ3) is 5.62. The zero-order valence-electron chi connectivity index (χ0n) is 18.0. The summed E-state index contributed by atoms with van der Waals surface area (Å²) < 4.78 is 0. The third-order valence-electron chi connectivity index (χ3n) is 5.61. The molecule has 1 N–H and O–H groups in total. The number of anilines is 2. The van der Waals surface area contributed by atoms with Gasteiger partial charge in [0.25, 0.3) is 5.91 Å². The highest BCUT2D eigenvalue weighted by Crippen LogP contribution is 2.23. The molecule has 4 nitrogen and oxygen atoms in total. The van der Waals surface area contributed by atoms with Gasteiger partial charge in [0.2, 0.25) is 0 Å². The molecule has 0 aromatic heterocycles. The van der Waals surface area contributed by atoms with E-state index < -0.39 is 0 Å². The van der Waals surface area contributed by atoms with Gasteiger partial charge in [0.1, 0.15) is 0 Å². The topological polar surface area (TPSA) is 35.6 Å². The van der Waals surface area contributed by atoms with Crippen molar-refractivity contribution in [2.45, 2.75) is 6.92 Å². The van der Waals surface area contributed by atoms with Gasteiger partial charge in [0.05, 0.1) is 5.56 Å². The van der Waals surface area contributed by atoms with Gasteiger partial charge in [-0.1, -0.05) is 66.7 Å². The standard InChI is InChI=1S/C27H29N3O/c1-22-9-7-13-24(21-22)28-27(31)25-14-5-6-15-26(25)30-19-17-29(18-20-30)16-8-12-23-10-3-2-4-11-23/h2-15,21H,16-20H2,1H3,(H,28,31). The molecule has 1 amide bonds. The fourth-order valence-electron chi connectivity index (χ4n) is 3.94. The Bertz CT molecular complexity index is 1040. The molecule has 1 aliphatic heterocycles. The van der Waals surface area contributed by atoms with E-state index in [0.29, 0.717) is 0 Å². The third-order valence-corrected chi connectivity index (χ3v) is 5.61. The zero-order chi connectivity index (χ0) is 21.5. The van der Waals surface area contributed by atoms with Crippen molar-refractivity contribution in [3.63, 3.8) is 0 Å². The molecule has 3 aromatic carbocycles. The molecule has 3 aromatic rings. The average Bonchev–Trinajstić information content (AvgIpc) is 2.80. The molecule has 31 heavy (non-hydrogen) atoms. The molecule has 4 rings (SSSR count). The van der Waals surface area contributed by atoms with Gasteiger partial charge in [-0.25, -0.2) is 0 Å². The van der Waals surface area contributed by atoms with Gasteiger partial charge in [-0.2, -0.15) is 0 Å². The summed E-state index contributed by atoms with van der Waals surface area (Å²) in [5.41, 5.74) is 4.92. The Hall–Kier alpha value is -3.37. The number of rotatable bonds is 6. The molecule has 0 radical (unpaired) electrons. The predicted octanol–water partition coefficient (Wildman–Crippen LogP) is 5.08. The van der Waals surface area contributed by atoms with Crippen LogP contribution in [-0.4, -0.2) is 43.5 Å². The van der Waals surface area contributed by atoms with E-state index in [1.807, 2.05) is 55.5 Å². The smallest absolute Gasteiger partial charge is 0.257 e. The molecule has 0 bridgehead atoms. The second kappa shape index (κ2) is 10.1. The predicted molar refractivity (Wildman–Crippen MR) is 130 cm³/mol. The molecule has 158 valence electrons. The number of piperazine rings is 1. The minimum Gasteiger partial charge on any atom is -0.368 e. The summed E-state index contributed by atoms with van der Waals surface area (Å²) in [5, 5.41) is 3.05. The van der Waals surface area contributed by atoms with Crippen LogP contribution in [0.2, 0.25) is 0 Å². The highest BCUT2D eigenvalue weighted by atomic mass is 16.1. The SMILES string of the molecule is Cc1cccc(NC(=O)c2ccccc2N2CCN(CC=Cc3ccccc3)CC2)c1. The van der Waals surface area contributed by atoms with Crippen molar-refractivity contribution >= 4 is 23.4 Å². The molecule has 0 unspecified atom stereocenters. The van der Waals surface area contributed by atoms with Crippen molar-refractivity contribution in [3.05, 3.63) is 102 Å². The number of nitrogens with zero attached hydrogens (tertiary/aromatic N) is 2. The van der Waals surface area contributed by atoms with Crippen LogP contribution in [0, 0.1) is 6.92 Å². The lowest BCUT2D eigenvalue weighted by atomic mass is 10.1. The van der Waals surface area contributed by atoms with E-state index in [0.717, 1.165) is 55.2 Å². The molecule has 1 saturated heterocycles. The second-order valence-electron chi connectivity index (χ2n) is 7.94. The fraction of sp³-hybridized carbons (Fsp3) is 0.222. The van der Waals surface area contributed by atoms with Crippen LogP contribution in [0.25, 0.3) is 6.08 Å². The maximum Gasteiger partial charge on any atom is 0.257 e. The number of para-hydroxylation sites is 1. The van der Waals surface area contributed by atoms with Gasteiger partial charge >= 0.3 is 0 Å². The summed E-state index contributed by atoms with van der Waals surface area (Å²) in [4.78, 5) is 17.7. The Kier molecular flexibility index (Phi) is 6.80. The van der Waals surface area contributed by atoms with Crippen LogP contribution in [0.1, 0.15) is 21.5 Å². The lowest BCUT2D eigenvalue weighted by molar-refractivity contribution is 0.102. The molecular formula is C27H29N3O. The van der Waals surface area contributed by atoms with E-state index in [4.69, 9.17) is 0 Å². The van der Waals surface area contributed by atoms with Crippen LogP contribution >= 0.6 is 0 Å². The van der Waals surface area contributed by atoms with Crippen LogP contribution in [0.3, 0.4) is 0 Å². The van der Waals surface area contributed by atoms with E-state index in [1.165, 1.54) is 5.56 Å². The first-order valence-corrected chi connectivity index (χ1v) is 10.8. The normalized spacial score (nSPS) is 14.7. The molecule has 0 saturated carbocycles. The lowest BCUT2D eigenvalue weighted by Crippen LogP contribution is -2.46. The van der Waals surface area contributed by atoms with Crippen LogP contribution in [0.5, 0.6) is 0 Å². The first-order chi connectivity index (χ1) is 15.2. The van der Waals surface area contributed by atoms with Crippen molar-refractivity contribution in [2.24, 2.45) is 0 Å². The summed E-state index contributed by atoms with van der Waals surface area (Å²) in [7, 11) is 0. The average molecular weight is 412 g/mol. The summed E-state index contributed by atoms with van der Waals surface area (Å²) in [6.45, 7) is 6.75. The molecule has 0 atom stereocenters. The van der Waals surface area contributed by atoms with Gasteiger partial charge in [-0.15, -0.1) is 0 Å². The monoisotopic (exact) mass is 411 g/mol. The maximum atomic E-state index is 13.0. The number of hydrogen-bond acceptors (Lipinski definition) is 3. The second-order valence-corrected chi connectivity index (χ2v) is 7.94. The molecule has 4 heteroatoms. The summed E-state index contributed by atoms with van der Waals surface area (Å²) >= 11 is 0. The largest absolute Gasteiger partial charge is 0.368 e. The minimum absolute atomic E-state index is 0.0607. The highest BCUT2D eigenvalue weighted by molar-refractivity contribution is 6.08. The number of carbonyl (C=O) groups excluding carboxylic acids is 1. The van der Waals surface area contributed by atoms with Crippen LogP contribution in [0.15, 0.2) is 84.9 Å². The number of hydrogen-bond donors (Lipinski definition) is 1. The molecule has 0 aliphatic carbocycles. The van der Waals surface area contributed by atoms with E-state index in [2.05, 4.69) is 57.6 Å². The number of benzene rings is 3. The van der Waals surface area contributed by atoms with Gasteiger partial charge < -0.3 is 10.2 Å². The Labute approximate surface area is 184 Å². The lowest BCUT2D eigenvalue weighted by Gasteiger charge is -2.36. The van der Waals surface area contributed by atoms with Crippen LogP contribution < -0.4 is 10.2 Å². The van der Waals surface area contributed by atoms with Crippen molar-refractivity contribution in [2.75, 3.05) is 42.9 Å². The first-order valence-electron chi connectivity index (χ1n) is 10.8. The quantitative estimate of drug-likeness (QED) is 0.614. The Morgan fingerprint density at radius 2 is 1.65 bits per heavy atom. The van der Waals surface area contributed by atoms with Gasteiger partial charge in [0.15, 0.2) is 0 Å². The highest BCUT2D eigenvalue weighted by Gasteiger charge is 2.21. The Balaban J connectivity index is 1.36. The minimum atomic E-state index is -0.0607. The fourth-order valence-corrected chi connectivity index (χ4v) is 3.94.